The third-order valence-electron chi connectivity index (χ3n) is 3.90. The van der Waals surface area contributed by atoms with E-state index in [1.165, 1.54) is 43.2 Å². The van der Waals surface area contributed by atoms with E-state index in [4.69, 9.17) is 0 Å². The first-order valence-corrected chi connectivity index (χ1v) is 8.37. The summed E-state index contributed by atoms with van der Waals surface area (Å²) in [6.07, 6.45) is 6.45. The van der Waals surface area contributed by atoms with Crippen LogP contribution in [-0.4, -0.2) is 6.04 Å². The molecule has 0 fully saturated rings. The van der Waals surface area contributed by atoms with Crippen molar-refractivity contribution in [2.24, 2.45) is 5.92 Å². The molecule has 2 unspecified atom stereocenters. The summed E-state index contributed by atoms with van der Waals surface area (Å²) in [5, 5.41) is 3.72. The maximum Gasteiger partial charge on any atom is 0.0294 e. The van der Waals surface area contributed by atoms with E-state index in [9.17, 15) is 0 Å². The summed E-state index contributed by atoms with van der Waals surface area (Å²) in [5.41, 5.74) is 2.85. The maximum atomic E-state index is 3.72. The Labute approximate surface area is 126 Å². The second kappa shape index (κ2) is 9.18. The smallest absolute Gasteiger partial charge is 0.0294 e. The summed E-state index contributed by atoms with van der Waals surface area (Å²) in [5.74, 6) is 0.731. The van der Waals surface area contributed by atoms with Crippen LogP contribution >= 0.6 is 0 Å². The Hall–Kier alpha value is -0.820. The highest BCUT2D eigenvalue weighted by Gasteiger charge is 2.09. The first kappa shape index (κ1) is 17.2. The molecule has 0 aliphatic heterocycles. The lowest BCUT2D eigenvalue weighted by Crippen LogP contribution is -2.28. The monoisotopic (exact) mass is 275 g/mol. The predicted octanol–water partition coefficient (Wildman–Crippen LogP) is 5.50. The van der Waals surface area contributed by atoms with Crippen molar-refractivity contribution in [2.45, 2.75) is 78.8 Å². The molecule has 2 atom stereocenters. The predicted molar refractivity (Wildman–Crippen MR) is 90.1 cm³/mol. The minimum absolute atomic E-state index is 0.444. The van der Waals surface area contributed by atoms with Gasteiger partial charge < -0.3 is 5.32 Å². The molecule has 20 heavy (non-hydrogen) atoms. The summed E-state index contributed by atoms with van der Waals surface area (Å²) < 4.78 is 0. The minimum atomic E-state index is 0.444. The van der Waals surface area contributed by atoms with E-state index in [1.807, 2.05) is 0 Å². The molecule has 0 aliphatic rings. The summed E-state index contributed by atoms with van der Waals surface area (Å²) in [6.45, 7) is 11.4. The number of benzene rings is 1. The van der Waals surface area contributed by atoms with Gasteiger partial charge in [-0.3, -0.25) is 0 Å². The minimum Gasteiger partial charge on any atom is -0.308 e. The first-order valence-electron chi connectivity index (χ1n) is 8.37. The van der Waals surface area contributed by atoms with E-state index in [1.54, 1.807) is 0 Å². The molecule has 0 amide bonds. The fraction of sp³-hybridized carbons (Fsp3) is 0.684. The average Bonchev–Trinajstić information content (AvgIpc) is 2.39. The fourth-order valence-electron chi connectivity index (χ4n) is 2.72. The lowest BCUT2D eigenvalue weighted by Gasteiger charge is -2.20. The Morgan fingerprint density at radius 2 is 1.60 bits per heavy atom. The highest BCUT2D eigenvalue weighted by atomic mass is 14.9. The van der Waals surface area contributed by atoms with Gasteiger partial charge in [-0.15, -0.1) is 0 Å². The summed E-state index contributed by atoms with van der Waals surface area (Å²) in [7, 11) is 0. The van der Waals surface area contributed by atoms with Crippen molar-refractivity contribution in [3.8, 4) is 0 Å². The zero-order valence-corrected chi connectivity index (χ0v) is 14.1. The van der Waals surface area contributed by atoms with Crippen LogP contribution in [0.1, 0.15) is 77.5 Å². The van der Waals surface area contributed by atoms with E-state index >= 15 is 0 Å². The van der Waals surface area contributed by atoms with Gasteiger partial charge in [0.25, 0.3) is 0 Å². The molecule has 1 aromatic rings. The molecule has 0 bridgehead atoms. The molecule has 0 saturated heterocycles. The lowest BCUT2D eigenvalue weighted by molar-refractivity contribution is 0.440. The second-order valence-corrected chi connectivity index (χ2v) is 6.62. The number of hydrogen-bond acceptors (Lipinski definition) is 1. The van der Waals surface area contributed by atoms with Crippen molar-refractivity contribution < 1.29 is 0 Å². The fourth-order valence-corrected chi connectivity index (χ4v) is 2.72. The zero-order chi connectivity index (χ0) is 15.0. The van der Waals surface area contributed by atoms with Gasteiger partial charge in [-0.2, -0.15) is 0 Å². The van der Waals surface area contributed by atoms with Crippen LogP contribution in [0.25, 0.3) is 0 Å². The molecule has 0 radical (unpaired) electrons. The number of rotatable bonds is 9. The highest BCUT2D eigenvalue weighted by Crippen LogP contribution is 2.17. The molecule has 1 nitrogen and oxygen atoms in total. The second-order valence-electron chi connectivity index (χ2n) is 6.62. The van der Waals surface area contributed by atoms with E-state index < -0.39 is 0 Å². The summed E-state index contributed by atoms with van der Waals surface area (Å²) in [6, 6.07) is 10.2. The molecule has 0 heterocycles. The Morgan fingerprint density at radius 1 is 0.950 bits per heavy atom. The molecular formula is C19H33N. The zero-order valence-electron chi connectivity index (χ0n) is 14.1. The first-order chi connectivity index (χ1) is 9.52. The molecule has 0 spiro atoms. The number of unbranched alkanes of at least 4 members (excludes halogenated alkanes) is 2. The molecule has 114 valence electrons. The van der Waals surface area contributed by atoms with Crippen LogP contribution in [0.2, 0.25) is 0 Å². The van der Waals surface area contributed by atoms with Crippen LogP contribution in [0, 0.1) is 5.92 Å². The van der Waals surface area contributed by atoms with Gasteiger partial charge in [-0.25, -0.2) is 0 Å². The number of nitrogens with one attached hydrogen (secondary N) is 1. The van der Waals surface area contributed by atoms with Crippen LogP contribution in [0.4, 0.5) is 0 Å². The van der Waals surface area contributed by atoms with Crippen LogP contribution in [-0.2, 0) is 6.42 Å². The Balaban J connectivity index is 2.44. The topological polar surface area (TPSA) is 12.0 Å². The van der Waals surface area contributed by atoms with Crippen molar-refractivity contribution in [3.05, 3.63) is 35.4 Å². The van der Waals surface area contributed by atoms with Gasteiger partial charge in [0.2, 0.25) is 0 Å². The third-order valence-corrected chi connectivity index (χ3v) is 3.90. The molecule has 1 rings (SSSR count). The van der Waals surface area contributed by atoms with Gasteiger partial charge in [0, 0.05) is 12.1 Å². The van der Waals surface area contributed by atoms with Gasteiger partial charge in [-0.05, 0) is 43.7 Å². The van der Waals surface area contributed by atoms with Crippen LogP contribution in [0.5, 0.6) is 0 Å². The van der Waals surface area contributed by atoms with Gasteiger partial charge in [0.05, 0.1) is 0 Å². The Morgan fingerprint density at radius 3 is 2.15 bits per heavy atom. The molecular weight excluding hydrogens is 242 g/mol. The molecule has 1 heteroatoms. The highest BCUT2D eigenvalue weighted by molar-refractivity contribution is 5.25. The van der Waals surface area contributed by atoms with Gasteiger partial charge in [0.1, 0.15) is 0 Å². The van der Waals surface area contributed by atoms with Gasteiger partial charge >= 0.3 is 0 Å². The van der Waals surface area contributed by atoms with E-state index in [0.717, 1.165) is 5.92 Å². The molecule has 1 aromatic carbocycles. The van der Waals surface area contributed by atoms with E-state index in [0.29, 0.717) is 12.1 Å². The summed E-state index contributed by atoms with van der Waals surface area (Å²) >= 11 is 0. The quantitative estimate of drug-likeness (QED) is 0.586. The van der Waals surface area contributed by atoms with Crippen molar-refractivity contribution in [2.75, 3.05) is 0 Å². The van der Waals surface area contributed by atoms with Gasteiger partial charge in [0.15, 0.2) is 0 Å². The molecule has 0 aromatic heterocycles. The SMILES string of the molecule is CCCCCC(C)NC(C)c1ccc(CC(C)C)cc1. The largest absolute Gasteiger partial charge is 0.308 e. The number of hydrogen-bond donors (Lipinski definition) is 1. The third kappa shape index (κ3) is 6.56. The van der Waals surface area contributed by atoms with Gasteiger partial charge in [-0.1, -0.05) is 64.3 Å². The molecule has 0 saturated carbocycles. The Kier molecular flexibility index (Phi) is 7.91. The lowest BCUT2D eigenvalue weighted by atomic mass is 9.99. The van der Waals surface area contributed by atoms with Crippen molar-refractivity contribution in [1.82, 2.24) is 5.32 Å². The van der Waals surface area contributed by atoms with Crippen molar-refractivity contribution >= 4 is 0 Å². The standard InChI is InChI=1S/C19H33N/c1-6-7-8-9-16(4)20-17(5)19-12-10-18(11-13-19)14-15(2)3/h10-13,15-17,20H,6-9,14H2,1-5H3. The Bertz CT molecular complexity index is 353. The average molecular weight is 275 g/mol. The molecule has 1 N–H and O–H groups in total. The normalized spacial score (nSPS) is 14.5. The van der Waals surface area contributed by atoms with Crippen LogP contribution < -0.4 is 5.32 Å². The van der Waals surface area contributed by atoms with Crippen LogP contribution in [0.3, 0.4) is 0 Å². The van der Waals surface area contributed by atoms with Crippen molar-refractivity contribution in [3.63, 3.8) is 0 Å². The van der Waals surface area contributed by atoms with Crippen molar-refractivity contribution in [1.29, 1.82) is 0 Å². The summed E-state index contributed by atoms with van der Waals surface area (Å²) in [4.78, 5) is 0. The van der Waals surface area contributed by atoms with E-state index in [-0.39, 0.29) is 0 Å². The molecule has 0 aliphatic carbocycles. The van der Waals surface area contributed by atoms with E-state index in [2.05, 4.69) is 64.2 Å². The van der Waals surface area contributed by atoms with Crippen LogP contribution in [0.15, 0.2) is 24.3 Å². The maximum absolute atomic E-state index is 3.72.